The van der Waals surface area contributed by atoms with Gasteiger partial charge in [-0.05, 0) is 59.5 Å². The zero-order chi connectivity index (χ0) is 26.6. The van der Waals surface area contributed by atoms with Crippen LogP contribution in [0.4, 0.5) is 4.39 Å². The van der Waals surface area contributed by atoms with Gasteiger partial charge in [0.1, 0.15) is 12.4 Å². The highest BCUT2D eigenvalue weighted by molar-refractivity contribution is 5.92. The Bertz CT molecular complexity index is 1190. The Labute approximate surface area is 216 Å². The summed E-state index contributed by atoms with van der Waals surface area (Å²) in [5, 5.41) is 0. The molecule has 194 valence electrons. The Morgan fingerprint density at radius 2 is 1.57 bits per heavy atom. The normalized spacial score (nSPS) is 11.4. The fourth-order valence-corrected chi connectivity index (χ4v) is 3.22. The van der Waals surface area contributed by atoms with Crippen molar-refractivity contribution in [3.63, 3.8) is 0 Å². The minimum Gasteiger partial charge on any atom is -0.491 e. The molecule has 0 unspecified atom stereocenters. The molecule has 0 saturated heterocycles. The van der Waals surface area contributed by atoms with E-state index in [1.165, 1.54) is 12.1 Å². The van der Waals surface area contributed by atoms with Gasteiger partial charge in [0.25, 0.3) is 0 Å². The van der Waals surface area contributed by atoms with Gasteiger partial charge in [0, 0.05) is 0 Å². The lowest BCUT2D eigenvalue weighted by molar-refractivity contribution is 0.0446. The van der Waals surface area contributed by atoms with Crippen molar-refractivity contribution in [1.82, 2.24) is 0 Å². The summed E-state index contributed by atoms with van der Waals surface area (Å²) in [6.45, 7) is 9.20. The van der Waals surface area contributed by atoms with E-state index in [4.69, 9.17) is 18.9 Å². The number of esters is 2. The second-order valence-electron chi connectivity index (χ2n) is 8.46. The van der Waals surface area contributed by atoms with Crippen LogP contribution in [0, 0.1) is 11.7 Å². The van der Waals surface area contributed by atoms with E-state index in [0.717, 1.165) is 29.4 Å². The highest BCUT2D eigenvalue weighted by Gasteiger charge is 2.16. The number of rotatable bonds is 13. The summed E-state index contributed by atoms with van der Waals surface area (Å²) in [5.41, 5.74) is 2.16. The molecular weight excluding hydrogens is 475 g/mol. The number of hydrogen-bond donors (Lipinski definition) is 0. The molecule has 0 aromatic heterocycles. The largest absolute Gasteiger partial charge is 0.491 e. The molecule has 3 rings (SSSR count). The first-order chi connectivity index (χ1) is 17.9. The van der Waals surface area contributed by atoms with Crippen LogP contribution in [0.25, 0.3) is 11.1 Å². The SMILES string of the molecule is C=CCOCCOc1ccc(-c2ccc(C(=O)Oc3ccc(C(=O)OC[C@@H](C)CC)cc3F)cc2)cc1. The van der Waals surface area contributed by atoms with Crippen molar-refractivity contribution in [2.45, 2.75) is 20.3 Å². The molecule has 6 nitrogen and oxygen atoms in total. The zero-order valence-corrected chi connectivity index (χ0v) is 21.1. The molecule has 0 bridgehead atoms. The summed E-state index contributed by atoms with van der Waals surface area (Å²) in [7, 11) is 0. The van der Waals surface area contributed by atoms with Crippen LogP contribution in [0.2, 0.25) is 0 Å². The minimum atomic E-state index is -0.822. The number of carbonyl (C=O) groups is 2. The number of benzene rings is 3. The van der Waals surface area contributed by atoms with E-state index in [1.54, 1.807) is 30.3 Å². The summed E-state index contributed by atoms with van der Waals surface area (Å²) in [5.74, 6) is -1.48. The molecule has 7 heteroatoms. The van der Waals surface area contributed by atoms with Crippen LogP contribution in [0.5, 0.6) is 11.5 Å². The topological polar surface area (TPSA) is 71.1 Å². The molecule has 1 atom stereocenters. The number of halogens is 1. The van der Waals surface area contributed by atoms with E-state index in [9.17, 15) is 14.0 Å². The predicted molar refractivity (Wildman–Crippen MR) is 139 cm³/mol. The molecule has 0 aliphatic heterocycles. The van der Waals surface area contributed by atoms with Gasteiger partial charge in [-0.1, -0.05) is 50.6 Å². The third-order valence-corrected chi connectivity index (χ3v) is 5.61. The first-order valence-electron chi connectivity index (χ1n) is 12.1. The Balaban J connectivity index is 1.56. The molecule has 0 heterocycles. The molecule has 0 aliphatic rings. The fourth-order valence-electron chi connectivity index (χ4n) is 3.22. The Morgan fingerprint density at radius 3 is 2.19 bits per heavy atom. The Morgan fingerprint density at radius 1 is 0.919 bits per heavy atom. The maximum absolute atomic E-state index is 14.5. The van der Waals surface area contributed by atoms with Gasteiger partial charge in [-0.15, -0.1) is 6.58 Å². The number of ether oxygens (including phenoxy) is 4. The third kappa shape index (κ3) is 8.29. The molecule has 0 saturated carbocycles. The standard InChI is InChI=1S/C30H31FO6/c1-4-16-34-17-18-35-26-13-10-23(11-14-26)22-6-8-24(9-7-22)30(33)37-28-15-12-25(19-27(28)31)29(32)36-20-21(3)5-2/h4,6-15,19,21H,1,5,16-18,20H2,2-3H3/t21-/m0/s1. The lowest BCUT2D eigenvalue weighted by Gasteiger charge is -2.11. The van der Waals surface area contributed by atoms with E-state index in [2.05, 4.69) is 6.58 Å². The van der Waals surface area contributed by atoms with Gasteiger partial charge in [-0.2, -0.15) is 0 Å². The van der Waals surface area contributed by atoms with E-state index >= 15 is 0 Å². The van der Waals surface area contributed by atoms with Gasteiger partial charge in [0.05, 0.1) is 30.9 Å². The van der Waals surface area contributed by atoms with Crippen molar-refractivity contribution in [2.75, 3.05) is 26.4 Å². The van der Waals surface area contributed by atoms with Crippen LogP contribution in [0.3, 0.4) is 0 Å². The molecule has 0 N–H and O–H groups in total. The maximum Gasteiger partial charge on any atom is 0.343 e. The highest BCUT2D eigenvalue weighted by Crippen LogP contribution is 2.24. The Hall–Kier alpha value is -3.97. The molecule has 37 heavy (non-hydrogen) atoms. The molecule has 0 spiro atoms. The van der Waals surface area contributed by atoms with E-state index < -0.39 is 17.8 Å². The molecule has 3 aromatic rings. The van der Waals surface area contributed by atoms with Crippen LogP contribution >= 0.6 is 0 Å². The quantitative estimate of drug-likeness (QED) is 0.114. The highest BCUT2D eigenvalue weighted by atomic mass is 19.1. The molecule has 0 amide bonds. The van der Waals surface area contributed by atoms with Gasteiger partial charge in [0.2, 0.25) is 0 Å². The van der Waals surface area contributed by atoms with Gasteiger partial charge in [-0.3, -0.25) is 0 Å². The Kier molecular flexibility index (Phi) is 10.4. The average molecular weight is 507 g/mol. The average Bonchev–Trinajstić information content (AvgIpc) is 2.92. The zero-order valence-electron chi connectivity index (χ0n) is 21.1. The molecule has 0 fully saturated rings. The van der Waals surface area contributed by atoms with Crippen molar-refractivity contribution < 1.29 is 32.9 Å². The first kappa shape index (κ1) is 27.6. The second-order valence-corrected chi connectivity index (χ2v) is 8.46. The van der Waals surface area contributed by atoms with Gasteiger partial charge in [-0.25, -0.2) is 14.0 Å². The number of carbonyl (C=O) groups excluding carboxylic acids is 2. The summed E-state index contributed by atoms with van der Waals surface area (Å²) in [6.07, 6.45) is 2.55. The monoisotopic (exact) mass is 506 g/mol. The van der Waals surface area contributed by atoms with E-state index in [-0.39, 0.29) is 29.4 Å². The summed E-state index contributed by atoms with van der Waals surface area (Å²) < 4.78 is 35.8. The van der Waals surface area contributed by atoms with E-state index in [1.807, 2.05) is 38.1 Å². The third-order valence-electron chi connectivity index (χ3n) is 5.61. The smallest absolute Gasteiger partial charge is 0.343 e. The second kappa shape index (κ2) is 13.9. The van der Waals surface area contributed by atoms with Crippen LogP contribution in [0.1, 0.15) is 41.0 Å². The summed E-state index contributed by atoms with van der Waals surface area (Å²) in [4.78, 5) is 24.7. The first-order valence-corrected chi connectivity index (χ1v) is 12.1. The minimum absolute atomic E-state index is 0.0578. The van der Waals surface area contributed by atoms with Crippen LogP contribution < -0.4 is 9.47 Å². The van der Waals surface area contributed by atoms with Crippen molar-refractivity contribution in [3.05, 3.63) is 96.3 Å². The predicted octanol–water partition coefficient (Wildman–Crippen LogP) is 6.50. The number of hydrogen-bond acceptors (Lipinski definition) is 6. The fraction of sp³-hybridized carbons (Fsp3) is 0.267. The van der Waals surface area contributed by atoms with Crippen LogP contribution in [0.15, 0.2) is 79.4 Å². The molecular formula is C30H31FO6. The van der Waals surface area contributed by atoms with Gasteiger partial charge < -0.3 is 18.9 Å². The van der Waals surface area contributed by atoms with Crippen molar-refractivity contribution in [1.29, 1.82) is 0 Å². The van der Waals surface area contributed by atoms with E-state index in [0.29, 0.717) is 19.8 Å². The summed E-state index contributed by atoms with van der Waals surface area (Å²) >= 11 is 0. The van der Waals surface area contributed by atoms with Crippen LogP contribution in [-0.2, 0) is 9.47 Å². The van der Waals surface area contributed by atoms with Crippen molar-refractivity contribution >= 4 is 11.9 Å². The molecule has 0 radical (unpaired) electrons. The molecule has 0 aliphatic carbocycles. The lowest BCUT2D eigenvalue weighted by Crippen LogP contribution is -2.13. The maximum atomic E-state index is 14.5. The lowest BCUT2D eigenvalue weighted by atomic mass is 10.0. The van der Waals surface area contributed by atoms with Crippen LogP contribution in [-0.4, -0.2) is 38.4 Å². The van der Waals surface area contributed by atoms with Crippen molar-refractivity contribution in [3.8, 4) is 22.6 Å². The van der Waals surface area contributed by atoms with Gasteiger partial charge >= 0.3 is 11.9 Å². The van der Waals surface area contributed by atoms with Crippen molar-refractivity contribution in [2.24, 2.45) is 5.92 Å². The molecule has 3 aromatic carbocycles. The van der Waals surface area contributed by atoms with Gasteiger partial charge in [0.15, 0.2) is 11.6 Å². The summed E-state index contributed by atoms with van der Waals surface area (Å²) in [6, 6.07) is 17.9.